The van der Waals surface area contributed by atoms with E-state index < -0.39 is 15.9 Å². The molecule has 0 unspecified atom stereocenters. The van der Waals surface area contributed by atoms with Crippen LogP contribution < -0.4 is 13.8 Å². The van der Waals surface area contributed by atoms with Gasteiger partial charge in [0.05, 0.1) is 24.3 Å². The van der Waals surface area contributed by atoms with Crippen LogP contribution in [0.3, 0.4) is 0 Å². The number of hydrogen-bond acceptors (Lipinski definition) is 5. The van der Waals surface area contributed by atoms with E-state index in [-0.39, 0.29) is 17.9 Å². The molecule has 0 saturated carbocycles. The van der Waals surface area contributed by atoms with Crippen molar-refractivity contribution in [1.29, 1.82) is 0 Å². The summed E-state index contributed by atoms with van der Waals surface area (Å²) in [4.78, 5) is 13.3. The van der Waals surface area contributed by atoms with Gasteiger partial charge in [-0.3, -0.25) is 4.79 Å². The Hall–Kier alpha value is -3.32. The van der Waals surface area contributed by atoms with Gasteiger partial charge in [0.25, 0.3) is 10.0 Å². The molecular formula is C26H29NO5S. The number of anilines is 1. The lowest BCUT2D eigenvalue weighted by Gasteiger charge is -2.25. The Morgan fingerprint density at radius 3 is 2.15 bits per heavy atom. The number of carbonyl (C=O) groups excluding carboxylic acids is 1. The molecule has 0 atom stereocenters. The summed E-state index contributed by atoms with van der Waals surface area (Å²) in [5.41, 5.74) is 2.97. The van der Waals surface area contributed by atoms with Crippen molar-refractivity contribution in [3.63, 3.8) is 0 Å². The highest BCUT2D eigenvalue weighted by Crippen LogP contribution is 2.30. The predicted octanol–water partition coefficient (Wildman–Crippen LogP) is 5.20. The third-order valence-corrected chi connectivity index (χ3v) is 7.19. The molecule has 0 N–H and O–H groups in total. The molecule has 0 aromatic heterocycles. The molecule has 0 spiro atoms. The third kappa shape index (κ3) is 5.73. The fourth-order valence-electron chi connectivity index (χ4n) is 3.36. The van der Waals surface area contributed by atoms with E-state index in [1.807, 2.05) is 26.8 Å². The van der Waals surface area contributed by atoms with Crippen molar-refractivity contribution in [1.82, 2.24) is 0 Å². The summed E-state index contributed by atoms with van der Waals surface area (Å²) >= 11 is 0. The molecule has 0 heterocycles. The van der Waals surface area contributed by atoms with Crippen LogP contribution in [0.5, 0.6) is 11.5 Å². The highest BCUT2D eigenvalue weighted by molar-refractivity contribution is 7.93. The Morgan fingerprint density at radius 1 is 0.879 bits per heavy atom. The number of nitrogens with zero attached hydrogens (tertiary/aromatic N) is 1. The molecule has 0 bridgehead atoms. The largest absolute Gasteiger partial charge is 0.497 e. The first-order valence-electron chi connectivity index (χ1n) is 10.7. The number of methoxy groups -OCH3 is 1. The van der Waals surface area contributed by atoms with Crippen LogP contribution in [-0.2, 0) is 14.8 Å². The van der Waals surface area contributed by atoms with E-state index in [0.717, 1.165) is 26.7 Å². The van der Waals surface area contributed by atoms with Crippen LogP contribution in [0.4, 0.5) is 5.69 Å². The molecular weight excluding hydrogens is 438 g/mol. The molecule has 174 valence electrons. The van der Waals surface area contributed by atoms with Gasteiger partial charge in [0.2, 0.25) is 5.91 Å². The minimum atomic E-state index is -4.08. The lowest BCUT2D eigenvalue weighted by Crippen LogP contribution is -2.37. The Labute approximate surface area is 195 Å². The van der Waals surface area contributed by atoms with Gasteiger partial charge in [-0.05, 0) is 80.8 Å². The second-order valence-corrected chi connectivity index (χ2v) is 9.61. The van der Waals surface area contributed by atoms with Gasteiger partial charge in [-0.25, -0.2) is 12.7 Å². The maximum atomic E-state index is 13.5. The van der Waals surface area contributed by atoms with Crippen LogP contribution in [-0.4, -0.2) is 28.0 Å². The van der Waals surface area contributed by atoms with E-state index in [0.29, 0.717) is 17.9 Å². The Bertz CT molecular complexity index is 1200. The summed E-state index contributed by atoms with van der Waals surface area (Å²) in [5.74, 6) is 0.882. The zero-order valence-electron chi connectivity index (χ0n) is 19.4. The van der Waals surface area contributed by atoms with Crippen LogP contribution in [0, 0.1) is 20.8 Å². The van der Waals surface area contributed by atoms with Crippen molar-refractivity contribution in [2.24, 2.45) is 0 Å². The molecule has 0 fully saturated rings. The molecule has 6 nitrogen and oxygen atoms in total. The van der Waals surface area contributed by atoms with Gasteiger partial charge in [-0.2, -0.15) is 0 Å². The number of ether oxygens (including phenoxy) is 2. The fraction of sp³-hybridized carbons (Fsp3) is 0.269. The van der Waals surface area contributed by atoms with E-state index >= 15 is 0 Å². The SMILES string of the molecule is COc1ccc(OCCCC(=O)N(c2cccc(C)c2C)S(=O)(=O)c2ccc(C)cc2)cc1. The van der Waals surface area contributed by atoms with Crippen molar-refractivity contribution in [3.05, 3.63) is 83.4 Å². The topological polar surface area (TPSA) is 72.9 Å². The molecule has 0 saturated heterocycles. The maximum Gasteiger partial charge on any atom is 0.270 e. The van der Waals surface area contributed by atoms with Gasteiger partial charge in [0, 0.05) is 6.42 Å². The first kappa shape index (κ1) is 24.3. The molecule has 7 heteroatoms. The lowest BCUT2D eigenvalue weighted by atomic mass is 10.1. The van der Waals surface area contributed by atoms with Crippen LogP contribution in [0.25, 0.3) is 0 Å². The Kier molecular flexibility index (Phi) is 7.76. The van der Waals surface area contributed by atoms with Crippen LogP contribution in [0.15, 0.2) is 71.6 Å². The summed E-state index contributed by atoms with van der Waals surface area (Å²) in [6, 6.07) is 19.0. The van der Waals surface area contributed by atoms with Gasteiger partial charge in [-0.1, -0.05) is 29.8 Å². The van der Waals surface area contributed by atoms with Gasteiger partial charge < -0.3 is 9.47 Å². The number of amides is 1. The number of rotatable bonds is 9. The number of benzene rings is 3. The second kappa shape index (κ2) is 10.5. The highest BCUT2D eigenvalue weighted by atomic mass is 32.2. The van der Waals surface area contributed by atoms with Crippen LogP contribution in [0.1, 0.15) is 29.5 Å². The molecule has 0 aliphatic carbocycles. The third-order valence-electron chi connectivity index (χ3n) is 5.44. The predicted molar refractivity (Wildman–Crippen MR) is 129 cm³/mol. The lowest BCUT2D eigenvalue weighted by molar-refractivity contribution is -0.117. The summed E-state index contributed by atoms with van der Waals surface area (Å²) < 4.78 is 38.8. The Morgan fingerprint density at radius 2 is 1.52 bits per heavy atom. The van der Waals surface area contributed by atoms with Crippen LogP contribution >= 0.6 is 0 Å². The smallest absolute Gasteiger partial charge is 0.270 e. The molecule has 0 aliphatic heterocycles. The van der Waals surface area contributed by atoms with E-state index in [2.05, 4.69) is 0 Å². The van der Waals surface area contributed by atoms with E-state index in [1.54, 1.807) is 55.6 Å². The number of sulfonamides is 1. The number of hydrogen-bond donors (Lipinski definition) is 0. The molecule has 3 aromatic carbocycles. The maximum absolute atomic E-state index is 13.5. The van der Waals surface area contributed by atoms with Crippen LogP contribution in [0.2, 0.25) is 0 Å². The molecule has 1 amide bonds. The van der Waals surface area contributed by atoms with Crippen molar-refractivity contribution in [3.8, 4) is 11.5 Å². The zero-order chi connectivity index (χ0) is 24.0. The van der Waals surface area contributed by atoms with Crippen molar-refractivity contribution < 1.29 is 22.7 Å². The molecule has 0 aliphatic rings. The number of carbonyl (C=O) groups is 1. The van der Waals surface area contributed by atoms with Gasteiger partial charge >= 0.3 is 0 Å². The first-order valence-corrected chi connectivity index (χ1v) is 12.2. The monoisotopic (exact) mass is 467 g/mol. The number of aryl methyl sites for hydroxylation is 2. The quantitative estimate of drug-likeness (QED) is 0.404. The average molecular weight is 468 g/mol. The summed E-state index contributed by atoms with van der Waals surface area (Å²) in [6.45, 7) is 5.88. The van der Waals surface area contributed by atoms with E-state index in [1.165, 1.54) is 12.1 Å². The molecule has 3 rings (SSSR count). The second-order valence-electron chi connectivity index (χ2n) is 7.82. The minimum absolute atomic E-state index is 0.0224. The summed E-state index contributed by atoms with van der Waals surface area (Å²) in [5, 5.41) is 0. The van der Waals surface area contributed by atoms with E-state index in [4.69, 9.17) is 9.47 Å². The summed E-state index contributed by atoms with van der Waals surface area (Å²) in [7, 11) is -2.49. The summed E-state index contributed by atoms with van der Waals surface area (Å²) in [6.07, 6.45) is 0.393. The fourth-order valence-corrected chi connectivity index (χ4v) is 4.86. The van der Waals surface area contributed by atoms with Gasteiger partial charge in [0.1, 0.15) is 11.5 Å². The van der Waals surface area contributed by atoms with Crippen molar-refractivity contribution >= 4 is 21.6 Å². The molecule has 3 aromatic rings. The van der Waals surface area contributed by atoms with Crippen molar-refractivity contribution in [2.45, 2.75) is 38.5 Å². The van der Waals surface area contributed by atoms with E-state index in [9.17, 15) is 13.2 Å². The van der Waals surface area contributed by atoms with Gasteiger partial charge in [-0.15, -0.1) is 0 Å². The first-order chi connectivity index (χ1) is 15.7. The molecule has 33 heavy (non-hydrogen) atoms. The highest BCUT2D eigenvalue weighted by Gasteiger charge is 2.31. The standard InChI is InChI=1S/C26H29NO5S/c1-19-10-16-24(17-11-19)33(29,30)27(25-8-5-7-20(2)21(25)3)26(28)9-6-18-32-23-14-12-22(31-4)13-15-23/h5,7-8,10-17H,6,9,18H2,1-4H3. The zero-order valence-corrected chi connectivity index (χ0v) is 20.2. The van der Waals surface area contributed by atoms with Crippen molar-refractivity contribution in [2.75, 3.05) is 18.0 Å². The Balaban J connectivity index is 1.80. The normalized spacial score (nSPS) is 11.2. The molecule has 0 radical (unpaired) electrons. The van der Waals surface area contributed by atoms with Gasteiger partial charge in [0.15, 0.2) is 0 Å². The minimum Gasteiger partial charge on any atom is -0.497 e. The average Bonchev–Trinajstić information content (AvgIpc) is 2.80.